The minimum absolute atomic E-state index is 0.0439. The van der Waals surface area contributed by atoms with Crippen LogP contribution in [0, 0.1) is 0 Å². The number of nitrogens with one attached hydrogen (secondary N) is 1. The van der Waals surface area contributed by atoms with Crippen LogP contribution >= 0.6 is 0 Å². The number of hydrogen-bond donors (Lipinski definition) is 1. The molecule has 0 spiro atoms. The van der Waals surface area contributed by atoms with Crippen molar-refractivity contribution in [2.45, 2.75) is 56.1 Å². The standard InChI is InChI=1S/C21H28N2O2S/c1-2-23(17-18-11-5-3-6-12-18)21-16-10-9-15-20(21)22-26(24,25)19-13-7-4-8-14-19/h3-8,11-14,20-22H,2,9-10,15-17H2,1H3/t20-,21+/m0/s1. The number of sulfonamides is 1. The van der Waals surface area contributed by atoms with Crippen molar-refractivity contribution in [3.05, 3.63) is 66.2 Å². The molecule has 0 aliphatic heterocycles. The van der Waals surface area contributed by atoms with Gasteiger partial charge in [0.05, 0.1) is 4.90 Å². The summed E-state index contributed by atoms with van der Waals surface area (Å²) in [4.78, 5) is 2.75. The lowest BCUT2D eigenvalue weighted by Gasteiger charge is -2.39. The van der Waals surface area contributed by atoms with Crippen LogP contribution in [-0.2, 0) is 16.6 Å². The highest BCUT2D eigenvalue weighted by molar-refractivity contribution is 7.89. The van der Waals surface area contributed by atoms with E-state index < -0.39 is 10.0 Å². The Morgan fingerprint density at radius 2 is 1.58 bits per heavy atom. The number of benzene rings is 2. The van der Waals surface area contributed by atoms with Gasteiger partial charge >= 0.3 is 0 Å². The van der Waals surface area contributed by atoms with Crippen molar-refractivity contribution < 1.29 is 8.42 Å². The van der Waals surface area contributed by atoms with Gasteiger partial charge in [0.2, 0.25) is 10.0 Å². The molecule has 3 rings (SSSR count). The van der Waals surface area contributed by atoms with E-state index in [4.69, 9.17) is 0 Å². The Kier molecular flexibility index (Phi) is 6.46. The van der Waals surface area contributed by atoms with Crippen LogP contribution in [0.1, 0.15) is 38.2 Å². The van der Waals surface area contributed by atoms with E-state index in [-0.39, 0.29) is 12.1 Å². The van der Waals surface area contributed by atoms with Crippen LogP contribution in [0.5, 0.6) is 0 Å². The molecule has 5 heteroatoms. The van der Waals surface area contributed by atoms with Crippen molar-refractivity contribution in [2.75, 3.05) is 6.54 Å². The zero-order valence-corrected chi connectivity index (χ0v) is 16.2. The lowest BCUT2D eigenvalue weighted by Crippen LogP contribution is -2.52. The van der Waals surface area contributed by atoms with Crippen LogP contribution in [0.15, 0.2) is 65.6 Å². The summed E-state index contributed by atoms with van der Waals surface area (Å²) in [6.07, 6.45) is 4.14. The number of likely N-dealkylation sites (N-methyl/N-ethyl adjacent to an activating group) is 1. The summed E-state index contributed by atoms with van der Waals surface area (Å²) in [7, 11) is -3.48. The van der Waals surface area contributed by atoms with Crippen LogP contribution in [0.2, 0.25) is 0 Å². The summed E-state index contributed by atoms with van der Waals surface area (Å²) >= 11 is 0. The van der Waals surface area contributed by atoms with E-state index in [2.05, 4.69) is 40.8 Å². The molecule has 2 aromatic rings. The van der Waals surface area contributed by atoms with Crippen LogP contribution in [-0.4, -0.2) is 31.9 Å². The molecule has 4 nitrogen and oxygen atoms in total. The molecule has 0 radical (unpaired) electrons. The van der Waals surface area contributed by atoms with Crippen LogP contribution in [0.3, 0.4) is 0 Å². The Morgan fingerprint density at radius 1 is 0.962 bits per heavy atom. The summed E-state index contributed by atoms with van der Waals surface area (Å²) in [5.74, 6) is 0. The van der Waals surface area contributed by atoms with Crippen molar-refractivity contribution >= 4 is 10.0 Å². The Balaban J connectivity index is 1.76. The highest BCUT2D eigenvalue weighted by atomic mass is 32.2. The Labute approximate surface area is 157 Å². The maximum absolute atomic E-state index is 12.8. The maximum atomic E-state index is 12.8. The Hall–Kier alpha value is -1.69. The molecule has 0 amide bonds. The molecule has 1 aliphatic rings. The van der Waals surface area contributed by atoms with Gasteiger partial charge in [-0.2, -0.15) is 0 Å². The summed E-state index contributed by atoms with van der Waals surface area (Å²) < 4.78 is 28.6. The average molecular weight is 373 g/mol. The minimum atomic E-state index is -3.48. The third-order valence-corrected chi connectivity index (χ3v) is 6.70. The molecule has 1 aliphatic carbocycles. The van der Waals surface area contributed by atoms with Crippen molar-refractivity contribution in [2.24, 2.45) is 0 Å². The van der Waals surface area contributed by atoms with Gasteiger partial charge in [-0.15, -0.1) is 0 Å². The van der Waals surface area contributed by atoms with Crippen LogP contribution in [0.25, 0.3) is 0 Å². The molecule has 1 saturated carbocycles. The number of hydrogen-bond acceptors (Lipinski definition) is 3. The first-order valence-electron chi connectivity index (χ1n) is 9.45. The zero-order valence-electron chi connectivity index (χ0n) is 15.3. The van der Waals surface area contributed by atoms with Crippen LogP contribution < -0.4 is 4.72 Å². The topological polar surface area (TPSA) is 49.4 Å². The fourth-order valence-corrected chi connectivity index (χ4v) is 5.16. The molecule has 0 saturated heterocycles. The van der Waals surface area contributed by atoms with Crippen molar-refractivity contribution in [3.8, 4) is 0 Å². The van der Waals surface area contributed by atoms with E-state index in [0.717, 1.165) is 38.8 Å². The average Bonchev–Trinajstić information content (AvgIpc) is 2.68. The van der Waals surface area contributed by atoms with Gasteiger partial charge in [0.25, 0.3) is 0 Å². The smallest absolute Gasteiger partial charge is 0.240 e. The van der Waals surface area contributed by atoms with E-state index >= 15 is 0 Å². The normalized spacial score (nSPS) is 21.0. The molecule has 0 heterocycles. The number of nitrogens with zero attached hydrogens (tertiary/aromatic N) is 1. The Bertz CT molecular complexity index is 778. The van der Waals surface area contributed by atoms with Gasteiger partial charge in [-0.3, -0.25) is 4.90 Å². The fraction of sp³-hybridized carbons (Fsp3) is 0.429. The van der Waals surface area contributed by atoms with E-state index in [1.165, 1.54) is 5.56 Å². The third kappa shape index (κ3) is 4.72. The highest BCUT2D eigenvalue weighted by Gasteiger charge is 2.32. The molecular formula is C21H28N2O2S. The molecule has 2 aromatic carbocycles. The van der Waals surface area contributed by atoms with Gasteiger partial charge in [-0.1, -0.05) is 68.3 Å². The monoisotopic (exact) mass is 372 g/mol. The molecule has 2 atom stereocenters. The van der Waals surface area contributed by atoms with Crippen molar-refractivity contribution in [3.63, 3.8) is 0 Å². The van der Waals surface area contributed by atoms with Gasteiger partial charge in [0.15, 0.2) is 0 Å². The van der Waals surface area contributed by atoms with Gasteiger partial charge in [0.1, 0.15) is 0 Å². The van der Waals surface area contributed by atoms with Crippen LogP contribution in [0.4, 0.5) is 0 Å². The molecule has 140 valence electrons. The second-order valence-electron chi connectivity index (χ2n) is 6.94. The van der Waals surface area contributed by atoms with E-state index in [1.807, 2.05) is 12.1 Å². The molecule has 26 heavy (non-hydrogen) atoms. The summed E-state index contributed by atoms with van der Waals surface area (Å²) in [5, 5.41) is 0. The quantitative estimate of drug-likeness (QED) is 0.804. The van der Waals surface area contributed by atoms with E-state index in [1.54, 1.807) is 24.3 Å². The lowest BCUT2D eigenvalue weighted by molar-refractivity contribution is 0.130. The predicted octanol–water partition coefficient (Wildman–Crippen LogP) is 3.80. The number of rotatable bonds is 7. The van der Waals surface area contributed by atoms with Gasteiger partial charge in [-0.05, 0) is 37.1 Å². The Morgan fingerprint density at radius 3 is 2.23 bits per heavy atom. The summed E-state index contributed by atoms with van der Waals surface area (Å²) in [6, 6.07) is 19.3. The lowest BCUT2D eigenvalue weighted by atomic mass is 9.89. The SMILES string of the molecule is CCN(Cc1ccccc1)[C@@H]1CCCC[C@@H]1NS(=O)(=O)c1ccccc1. The third-order valence-electron chi connectivity index (χ3n) is 5.19. The van der Waals surface area contributed by atoms with E-state index in [0.29, 0.717) is 4.90 Å². The first-order valence-corrected chi connectivity index (χ1v) is 10.9. The predicted molar refractivity (Wildman–Crippen MR) is 105 cm³/mol. The van der Waals surface area contributed by atoms with Crippen molar-refractivity contribution in [1.29, 1.82) is 0 Å². The van der Waals surface area contributed by atoms with Crippen molar-refractivity contribution in [1.82, 2.24) is 9.62 Å². The largest absolute Gasteiger partial charge is 0.295 e. The molecule has 1 fully saturated rings. The second-order valence-corrected chi connectivity index (χ2v) is 8.66. The van der Waals surface area contributed by atoms with E-state index in [9.17, 15) is 8.42 Å². The first kappa shape index (κ1) is 19.1. The fourth-order valence-electron chi connectivity index (χ4n) is 3.83. The molecular weight excluding hydrogens is 344 g/mol. The first-order chi connectivity index (χ1) is 12.6. The van der Waals surface area contributed by atoms with Gasteiger partial charge in [0, 0.05) is 18.6 Å². The maximum Gasteiger partial charge on any atom is 0.240 e. The molecule has 0 bridgehead atoms. The molecule has 1 N–H and O–H groups in total. The molecule has 0 unspecified atom stereocenters. The molecule has 0 aromatic heterocycles. The minimum Gasteiger partial charge on any atom is -0.295 e. The second kappa shape index (κ2) is 8.80. The highest BCUT2D eigenvalue weighted by Crippen LogP contribution is 2.26. The summed E-state index contributed by atoms with van der Waals surface area (Å²) in [5.41, 5.74) is 1.27. The van der Waals surface area contributed by atoms with Gasteiger partial charge in [-0.25, -0.2) is 13.1 Å². The van der Waals surface area contributed by atoms with Gasteiger partial charge < -0.3 is 0 Å². The zero-order chi connectivity index (χ0) is 18.4. The summed E-state index contributed by atoms with van der Waals surface area (Å²) in [6.45, 7) is 3.91.